The van der Waals surface area contributed by atoms with Gasteiger partial charge in [-0.1, -0.05) is 0 Å². The minimum Gasteiger partial charge on any atom is -0.491 e. The van der Waals surface area contributed by atoms with Gasteiger partial charge in [0.1, 0.15) is 24.7 Å². The third kappa shape index (κ3) is 1.22. The molecule has 0 bridgehead atoms. The lowest BCUT2D eigenvalue weighted by molar-refractivity contribution is -0.131. The van der Waals surface area contributed by atoms with Crippen LogP contribution >= 0.6 is 0 Å². The lowest BCUT2D eigenvalue weighted by Crippen LogP contribution is -2.43. The number of carbonyl (C=O) groups excluding carboxylic acids is 2. The Balaban J connectivity index is 1.84. The van der Waals surface area contributed by atoms with Crippen molar-refractivity contribution in [3.8, 4) is 0 Å². The fourth-order valence-corrected chi connectivity index (χ4v) is 2.57. The van der Waals surface area contributed by atoms with E-state index in [1.54, 1.807) is 0 Å². The van der Waals surface area contributed by atoms with E-state index >= 15 is 0 Å². The van der Waals surface area contributed by atoms with Gasteiger partial charge < -0.3 is 9.47 Å². The average molecular weight is 209 g/mol. The summed E-state index contributed by atoms with van der Waals surface area (Å²) in [5.41, 5.74) is 0. The predicted octanol–water partition coefficient (Wildman–Crippen LogP) is -0.0758. The van der Waals surface area contributed by atoms with Crippen LogP contribution in [0.4, 0.5) is 0 Å². The molecule has 0 spiro atoms. The van der Waals surface area contributed by atoms with Crippen LogP contribution in [0.1, 0.15) is 12.8 Å². The highest BCUT2D eigenvalue weighted by atomic mass is 16.6. The topological polar surface area (TPSA) is 64.6 Å². The van der Waals surface area contributed by atoms with E-state index in [1.165, 1.54) is 12.5 Å². The second-order valence-electron chi connectivity index (χ2n) is 4.16. The van der Waals surface area contributed by atoms with Crippen LogP contribution in [-0.2, 0) is 19.1 Å². The summed E-state index contributed by atoms with van der Waals surface area (Å²) in [7, 11) is 0. The van der Waals surface area contributed by atoms with Gasteiger partial charge >= 0.3 is 0 Å². The number of nitrogens with one attached hydrogen (secondary N) is 1. The first kappa shape index (κ1) is 8.76. The van der Waals surface area contributed by atoms with E-state index in [0.717, 1.165) is 0 Å². The highest BCUT2D eigenvalue weighted by Crippen LogP contribution is 2.38. The Labute approximate surface area is 86.4 Å². The van der Waals surface area contributed by atoms with Crippen molar-refractivity contribution in [3.63, 3.8) is 0 Å². The van der Waals surface area contributed by atoms with Crippen molar-refractivity contribution in [1.82, 2.24) is 5.32 Å². The fourth-order valence-electron chi connectivity index (χ4n) is 2.57. The molecule has 2 aliphatic heterocycles. The Morgan fingerprint density at radius 1 is 1.00 bits per heavy atom. The number of rotatable bonds is 0. The van der Waals surface area contributed by atoms with Crippen LogP contribution in [0.3, 0.4) is 0 Å². The van der Waals surface area contributed by atoms with Crippen molar-refractivity contribution in [3.05, 3.63) is 12.5 Å². The molecule has 15 heavy (non-hydrogen) atoms. The van der Waals surface area contributed by atoms with Gasteiger partial charge in [-0.2, -0.15) is 0 Å². The van der Waals surface area contributed by atoms with Gasteiger partial charge in [-0.15, -0.1) is 0 Å². The summed E-state index contributed by atoms with van der Waals surface area (Å²) in [5.74, 6) is -0.786. The van der Waals surface area contributed by atoms with Gasteiger partial charge in [0.25, 0.3) is 0 Å². The quantitative estimate of drug-likeness (QED) is 0.567. The zero-order valence-corrected chi connectivity index (χ0v) is 8.01. The van der Waals surface area contributed by atoms with Gasteiger partial charge in [0.2, 0.25) is 11.8 Å². The molecule has 2 fully saturated rings. The first-order chi connectivity index (χ1) is 7.25. The maximum Gasteiger partial charge on any atom is 0.230 e. The highest BCUT2D eigenvalue weighted by Gasteiger charge is 2.50. The fraction of sp³-hybridized carbons (Fsp3) is 0.600. The maximum atomic E-state index is 11.4. The first-order valence-corrected chi connectivity index (χ1v) is 5.06. The Kier molecular flexibility index (Phi) is 1.74. The molecule has 3 rings (SSSR count). The van der Waals surface area contributed by atoms with E-state index in [-0.39, 0.29) is 35.9 Å². The minimum absolute atomic E-state index is 0.0899. The smallest absolute Gasteiger partial charge is 0.230 e. The number of ether oxygens (including phenoxy) is 2. The average Bonchev–Trinajstić information content (AvgIpc) is 2.52. The molecule has 1 N–H and O–H groups in total. The Hall–Kier alpha value is -1.52. The molecule has 0 aromatic rings. The third-order valence-electron chi connectivity index (χ3n) is 3.36. The van der Waals surface area contributed by atoms with E-state index in [2.05, 4.69) is 5.32 Å². The molecule has 2 heterocycles. The van der Waals surface area contributed by atoms with Crippen molar-refractivity contribution >= 4 is 11.8 Å². The normalized spacial score (nSPS) is 42.4. The summed E-state index contributed by atoms with van der Waals surface area (Å²) < 4.78 is 10.8. The SMILES string of the molecule is O=C1NC(=O)C2CC3OC=COC3CC12. The van der Waals surface area contributed by atoms with Crippen LogP contribution in [0, 0.1) is 11.8 Å². The number of amides is 2. The summed E-state index contributed by atoms with van der Waals surface area (Å²) in [5, 5.41) is 2.36. The molecule has 0 aromatic heterocycles. The zero-order valence-electron chi connectivity index (χ0n) is 8.01. The molecule has 5 nitrogen and oxygen atoms in total. The molecule has 4 unspecified atom stereocenters. The van der Waals surface area contributed by atoms with Crippen molar-refractivity contribution in [2.45, 2.75) is 25.0 Å². The summed E-state index contributed by atoms with van der Waals surface area (Å²) >= 11 is 0. The van der Waals surface area contributed by atoms with Gasteiger partial charge in [-0.25, -0.2) is 0 Å². The van der Waals surface area contributed by atoms with Crippen LogP contribution in [0.2, 0.25) is 0 Å². The Morgan fingerprint density at radius 3 is 1.93 bits per heavy atom. The summed E-state index contributed by atoms with van der Waals surface area (Å²) in [6.45, 7) is 0. The Morgan fingerprint density at radius 2 is 1.47 bits per heavy atom. The first-order valence-electron chi connectivity index (χ1n) is 5.06. The monoisotopic (exact) mass is 209 g/mol. The van der Waals surface area contributed by atoms with Gasteiger partial charge in [0.05, 0.1) is 11.8 Å². The number of fused-ring (bicyclic) bond motifs is 2. The predicted molar refractivity (Wildman–Crippen MR) is 48.2 cm³/mol. The van der Waals surface area contributed by atoms with Crippen LogP contribution in [-0.4, -0.2) is 24.0 Å². The van der Waals surface area contributed by atoms with E-state index in [9.17, 15) is 9.59 Å². The van der Waals surface area contributed by atoms with Gasteiger partial charge in [-0.3, -0.25) is 14.9 Å². The second-order valence-corrected chi connectivity index (χ2v) is 4.16. The molecule has 0 aromatic carbocycles. The maximum absolute atomic E-state index is 11.4. The van der Waals surface area contributed by atoms with Crippen molar-refractivity contribution in [2.24, 2.45) is 11.8 Å². The van der Waals surface area contributed by atoms with E-state index in [4.69, 9.17) is 9.47 Å². The molecule has 1 saturated heterocycles. The summed E-state index contributed by atoms with van der Waals surface area (Å²) in [4.78, 5) is 22.9. The van der Waals surface area contributed by atoms with Gasteiger partial charge in [0.15, 0.2) is 0 Å². The summed E-state index contributed by atoms with van der Waals surface area (Å²) in [6, 6.07) is 0. The van der Waals surface area contributed by atoms with Gasteiger partial charge in [0, 0.05) is 12.8 Å². The molecule has 3 aliphatic rings. The molecule has 80 valence electrons. The van der Waals surface area contributed by atoms with Crippen LogP contribution in [0.5, 0.6) is 0 Å². The summed E-state index contributed by atoms with van der Waals surface area (Å²) in [6.07, 6.45) is 3.95. The van der Waals surface area contributed by atoms with E-state index in [1.807, 2.05) is 0 Å². The van der Waals surface area contributed by atoms with Crippen molar-refractivity contribution < 1.29 is 19.1 Å². The molecule has 2 amide bonds. The molecular weight excluding hydrogens is 198 g/mol. The largest absolute Gasteiger partial charge is 0.491 e. The number of imide groups is 1. The third-order valence-corrected chi connectivity index (χ3v) is 3.36. The van der Waals surface area contributed by atoms with Gasteiger partial charge in [-0.05, 0) is 0 Å². The highest BCUT2D eigenvalue weighted by molar-refractivity contribution is 6.05. The van der Waals surface area contributed by atoms with Crippen molar-refractivity contribution in [2.75, 3.05) is 0 Å². The molecule has 1 aliphatic carbocycles. The second kappa shape index (κ2) is 2.98. The Bertz CT molecular complexity index is 319. The minimum atomic E-state index is -0.228. The van der Waals surface area contributed by atoms with Crippen LogP contribution in [0.15, 0.2) is 12.5 Å². The molecule has 0 radical (unpaired) electrons. The molecule has 4 atom stereocenters. The van der Waals surface area contributed by atoms with E-state index in [0.29, 0.717) is 12.8 Å². The number of hydrogen-bond acceptors (Lipinski definition) is 4. The van der Waals surface area contributed by atoms with Crippen LogP contribution < -0.4 is 5.32 Å². The van der Waals surface area contributed by atoms with E-state index < -0.39 is 0 Å². The molecular formula is C10H11NO4. The lowest BCUT2D eigenvalue weighted by Gasteiger charge is -2.36. The van der Waals surface area contributed by atoms with Crippen molar-refractivity contribution in [1.29, 1.82) is 0 Å². The lowest BCUT2D eigenvalue weighted by atomic mass is 9.77. The van der Waals surface area contributed by atoms with Crippen LogP contribution in [0.25, 0.3) is 0 Å². The number of carbonyl (C=O) groups is 2. The standard InChI is InChI=1S/C10H11NO4/c12-9-5-3-7-8(15-2-1-14-7)4-6(5)10(13)11-9/h1-2,5-8H,3-4H2,(H,11,12,13). The molecule has 1 saturated carbocycles. The number of hydrogen-bond donors (Lipinski definition) is 1. The molecule has 5 heteroatoms. The zero-order chi connectivity index (χ0) is 10.4.